The minimum Gasteiger partial charge on any atom is -0.493 e. The Balaban J connectivity index is 2.35. The standard InChI is InChI=1S/C15H19NO4/c1-10-5-7-12(16(10)15(17)20-4)11-6-8-13(18-2)14(9-11)19-3/h5-10,12H,1-4H3/t10-,12+/m1/s1. The second-order valence-electron chi connectivity index (χ2n) is 4.56. The van der Waals surface area contributed by atoms with Crippen molar-refractivity contribution in [2.24, 2.45) is 0 Å². The number of carbonyl (C=O) groups excluding carboxylic acids is 1. The molecule has 0 aromatic heterocycles. The molecule has 1 aliphatic heterocycles. The lowest BCUT2D eigenvalue weighted by atomic mass is 10.1. The van der Waals surface area contributed by atoms with E-state index < -0.39 is 0 Å². The molecular weight excluding hydrogens is 258 g/mol. The fourth-order valence-electron chi connectivity index (χ4n) is 2.40. The van der Waals surface area contributed by atoms with Crippen molar-refractivity contribution in [1.82, 2.24) is 4.90 Å². The van der Waals surface area contributed by atoms with Gasteiger partial charge in [0.15, 0.2) is 11.5 Å². The first-order valence-electron chi connectivity index (χ1n) is 6.39. The number of benzene rings is 1. The second kappa shape index (κ2) is 5.86. The maximum absolute atomic E-state index is 11.9. The van der Waals surface area contributed by atoms with Crippen molar-refractivity contribution in [3.05, 3.63) is 35.9 Å². The van der Waals surface area contributed by atoms with E-state index in [1.165, 1.54) is 7.11 Å². The first-order chi connectivity index (χ1) is 9.62. The topological polar surface area (TPSA) is 48.0 Å². The third-order valence-corrected chi connectivity index (χ3v) is 3.44. The van der Waals surface area contributed by atoms with Gasteiger partial charge in [-0.3, -0.25) is 4.90 Å². The molecular formula is C15H19NO4. The fourth-order valence-corrected chi connectivity index (χ4v) is 2.40. The zero-order valence-corrected chi connectivity index (χ0v) is 12.1. The number of hydrogen-bond donors (Lipinski definition) is 0. The molecule has 1 aromatic carbocycles. The van der Waals surface area contributed by atoms with Crippen LogP contribution in [0.5, 0.6) is 11.5 Å². The highest BCUT2D eigenvalue weighted by atomic mass is 16.5. The molecule has 2 rings (SSSR count). The monoisotopic (exact) mass is 277 g/mol. The first kappa shape index (κ1) is 14.2. The van der Waals surface area contributed by atoms with Crippen LogP contribution in [-0.2, 0) is 4.74 Å². The fraction of sp³-hybridized carbons (Fsp3) is 0.400. The van der Waals surface area contributed by atoms with E-state index in [0.717, 1.165) is 5.56 Å². The summed E-state index contributed by atoms with van der Waals surface area (Å²) >= 11 is 0. The number of rotatable bonds is 3. The highest BCUT2D eigenvalue weighted by Crippen LogP contribution is 2.36. The largest absolute Gasteiger partial charge is 0.493 e. The molecule has 0 saturated heterocycles. The zero-order chi connectivity index (χ0) is 14.7. The van der Waals surface area contributed by atoms with Crippen LogP contribution < -0.4 is 9.47 Å². The van der Waals surface area contributed by atoms with Crippen molar-refractivity contribution < 1.29 is 19.0 Å². The molecule has 0 N–H and O–H groups in total. The van der Waals surface area contributed by atoms with Gasteiger partial charge in [-0.2, -0.15) is 0 Å². The van der Waals surface area contributed by atoms with E-state index in [1.54, 1.807) is 19.1 Å². The van der Waals surface area contributed by atoms with Crippen molar-refractivity contribution in [3.63, 3.8) is 0 Å². The lowest BCUT2D eigenvalue weighted by Crippen LogP contribution is -2.36. The number of nitrogens with zero attached hydrogens (tertiary/aromatic N) is 1. The summed E-state index contributed by atoms with van der Waals surface area (Å²) in [4.78, 5) is 13.6. The van der Waals surface area contributed by atoms with Crippen LogP contribution >= 0.6 is 0 Å². The summed E-state index contributed by atoms with van der Waals surface area (Å²) in [6.07, 6.45) is 3.63. The predicted octanol–water partition coefficient (Wildman–Crippen LogP) is 2.77. The Hall–Kier alpha value is -2.17. The summed E-state index contributed by atoms with van der Waals surface area (Å²) < 4.78 is 15.4. The van der Waals surface area contributed by atoms with Gasteiger partial charge < -0.3 is 14.2 Å². The summed E-state index contributed by atoms with van der Waals surface area (Å²) in [5.41, 5.74) is 0.952. The van der Waals surface area contributed by atoms with Crippen molar-refractivity contribution in [3.8, 4) is 11.5 Å². The Labute approximate surface area is 118 Å². The van der Waals surface area contributed by atoms with Gasteiger partial charge in [0.1, 0.15) is 0 Å². The van der Waals surface area contributed by atoms with Gasteiger partial charge in [0, 0.05) is 0 Å². The second-order valence-corrected chi connectivity index (χ2v) is 4.56. The number of ether oxygens (including phenoxy) is 3. The summed E-state index contributed by atoms with van der Waals surface area (Å²) in [5.74, 6) is 1.30. The molecule has 5 heteroatoms. The van der Waals surface area contributed by atoms with Crippen LogP contribution in [0.15, 0.2) is 30.4 Å². The van der Waals surface area contributed by atoms with Gasteiger partial charge in [0.25, 0.3) is 0 Å². The lowest BCUT2D eigenvalue weighted by Gasteiger charge is -2.27. The van der Waals surface area contributed by atoms with Crippen molar-refractivity contribution in [2.45, 2.75) is 19.0 Å². The minimum atomic E-state index is -0.345. The lowest BCUT2D eigenvalue weighted by molar-refractivity contribution is 0.110. The van der Waals surface area contributed by atoms with Gasteiger partial charge in [0.2, 0.25) is 0 Å². The minimum absolute atomic E-state index is 0.000506. The Morgan fingerprint density at radius 2 is 1.80 bits per heavy atom. The summed E-state index contributed by atoms with van der Waals surface area (Å²) in [5, 5.41) is 0. The Morgan fingerprint density at radius 3 is 2.40 bits per heavy atom. The molecule has 0 spiro atoms. The van der Waals surface area contributed by atoms with Crippen molar-refractivity contribution >= 4 is 6.09 Å². The average Bonchev–Trinajstić information content (AvgIpc) is 2.87. The average molecular weight is 277 g/mol. The molecule has 20 heavy (non-hydrogen) atoms. The number of hydrogen-bond acceptors (Lipinski definition) is 4. The predicted molar refractivity (Wildman–Crippen MR) is 75.1 cm³/mol. The molecule has 5 nitrogen and oxygen atoms in total. The summed E-state index contributed by atoms with van der Waals surface area (Å²) in [7, 11) is 4.57. The molecule has 1 aliphatic rings. The van der Waals surface area contributed by atoms with E-state index in [0.29, 0.717) is 11.5 Å². The summed E-state index contributed by atoms with van der Waals surface area (Å²) in [6.45, 7) is 1.95. The van der Waals surface area contributed by atoms with E-state index in [9.17, 15) is 4.79 Å². The molecule has 2 atom stereocenters. The quantitative estimate of drug-likeness (QED) is 0.797. The molecule has 108 valence electrons. The molecule has 1 aromatic rings. The van der Waals surface area contributed by atoms with Crippen LogP contribution in [-0.4, -0.2) is 38.4 Å². The highest BCUT2D eigenvalue weighted by Gasteiger charge is 2.32. The van der Waals surface area contributed by atoms with E-state index in [-0.39, 0.29) is 18.2 Å². The van der Waals surface area contributed by atoms with Crippen LogP contribution in [0.3, 0.4) is 0 Å². The number of methoxy groups -OCH3 is 3. The summed E-state index contributed by atoms with van der Waals surface area (Å²) in [6, 6.07) is 5.48. The van der Waals surface area contributed by atoms with Crippen LogP contribution in [0.1, 0.15) is 18.5 Å². The molecule has 0 fully saturated rings. The van der Waals surface area contributed by atoms with Crippen molar-refractivity contribution in [2.75, 3.05) is 21.3 Å². The molecule has 0 radical (unpaired) electrons. The molecule has 0 unspecified atom stereocenters. The molecule has 0 aliphatic carbocycles. The Kier molecular flexibility index (Phi) is 4.17. The van der Waals surface area contributed by atoms with E-state index in [1.807, 2.05) is 37.3 Å². The van der Waals surface area contributed by atoms with Gasteiger partial charge in [-0.15, -0.1) is 0 Å². The maximum Gasteiger partial charge on any atom is 0.410 e. The Morgan fingerprint density at radius 1 is 1.10 bits per heavy atom. The van der Waals surface area contributed by atoms with Gasteiger partial charge in [-0.25, -0.2) is 4.79 Å². The molecule has 1 heterocycles. The van der Waals surface area contributed by atoms with Crippen LogP contribution in [0, 0.1) is 0 Å². The van der Waals surface area contributed by atoms with E-state index in [2.05, 4.69) is 0 Å². The van der Waals surface area contributed by atoms with Crippen LogP contribution in [0.4, 0.5) is 4.79 Å². The third kappa shape index (κ3) is 2.43. The van der Waals surface area contributed by atoms with Crippen molar-refractivity contribution in [1.29, 1.82) is 0 Å². The van der Waals surface area contributed by atoms with Crippen LogP contribution in [0.25, 0.3) is 0 Å². The van der Waals surface area contributed by atoms with Gasteiger partial charge in [-0.05, 0) is 24.6 Å². The van der Waals surface area contributed by atoms with E-state index >= 15 is 0 Å². The van der Waals surface area contributed by atoms with Gasteiger partial charge >= 0.3 is 6.09 Å². The SMILES string of the molecule is COC(=O)N1[C@H](C)C=C[C@H]1c1ccc(OC)c(OC)c1. The van der Waals surface area contributed by atoms with Crippen LogP contribution in [0.2, 0.25) is 0 Å². The third-order valence-electron chi connectivity index (χ3n) is 3.44. The van der Waals surface area contributed by atoms with Gasteiger partial charge in [-0.1, -0.05) is 18.2 Å². The first-order valence-corrected chi connectivity index (χ1v) is 6.39. The molecule has 0 bridgehead atoms. The number of carbonyl (C=O) groups is 1. The smallest absolute Gasteiger partial charge is 0.410 e. The molecule has 1 amide bonds. The maximum atomic E-state index is 11.9. The molecule has 0 saturated carbocycles. The van der Waals surface area contributed by atoms with Gasteiger partial charge in [0.05, 0.1) is 33.4 Å². The zero-order valence-electron chi connectivity index (χ0n) is 12.1. The van der Waals surface area contributed by atoms with E-state index in [4.69, 9.17) is 14.2 Å². The number of amides is 1. The Bertz CT molecular complexity index is 527. The highest BCUT2D eigenvalue weighted by molar-refractivity contribution is 5.70. The normalized spacial score (nSPS) is 20.9.